The zero-order chi connectivity index (χ0) is 23.9. The molecular formula is C24H19FN4O3S2. The van der Waals surface area contributed by atoms with Gasteiger partial charge in [-0.05, 0) is 48.0 Å². The fraction of sp³-hybridized carbons (Fsp3) is 0.0833. The third-order valence-corrected chi connectivity index (χ3v) is 6.91. The highest BCUT2D eigenvalue weighted by Gasteiger charge is 2.11. The second-order valence-electron chi connectivity index (χ2n) is 7.13. The summed E-state index contributed by atoms with van der Waals surface area (Å²) in [5.41, 5.74) is 7.02. The van der Waals surface area contributed by atoms with Crippen molar-refractivity contribution in [1.82, 2.24) is 21.2 Å². The predicted octanol–water partition coefficient (Wildman–Crippen LogP) is 3.92. The molecule has 0 fully saturated rings. The van der Waals surface area contributed by atoms with Crippen molar-refractivity contribution in [1.29, 1.82) is 0 Å². The normalized spacial score (nSPS) is 10.6. The first-order valence-corrected chi connectivity index (χ1v) is 12.0. The first kappa shape index (κ1) is 23.4. The molecular weight excluding hydrogens is 475 g/mol. The van der Waals surface area contributed by atoms with Crippen molar-refractivity contribution in [3.05, 3.63) is 95.3 Å². The number of amides is 3. The van der Waals surface area contributed by atoms with Gasteiger partial charge in [0.2, 0.25) is 0 Å². The maximum absolute atomic E-state index is 13.2. The third-order valence-electron chi connectivity index (χ3n) is 4.66. The van der Waals surface area contributed by atoms with E-state index in [4.69, 9.17) is 0 Å². The monoisotopic (exact) mass is 494 g/mol. The maximum atomic E-state index is 13.2. The zero-order valence-electron chi connectivity index (χ0n) is 17.7. The van der Waals surface area contributed by atoms with Gasteiger partial charge in [-0.25, -0.2) is 9.37 Å². The molecule has 0 saturated heterocycles. The van der Waals surface area contributed by atoms with Crippen molar-refractivity contribution in [3.63, 3.8) is 0 Å². The third kappa shape index (κ3) is 6.18. The highest BCUT2D eigenvalue weighted by Crippen LogP contribution is 2.31. The van der Waals surface area contributed by atoms with Crippen molar-refractivity contribution in [3.8, 4) is 0 Å². The number of benzene rings is 3. The summed E-state index contributed by atoms with van der Waals surface area (Å²) in [6.07, 6.45) is 0. The standard InChI is InChI=1S/C24H19FN4O3S2/c25-18-5-3-4-17(12-18)22(31)26-13-21(30)28-29-23(32)16-10-8-15(9-11-16)14-33-24-27-19-6-1-2-7-20(19)34-24/h1-12H,13-14H2,(H,26,31)(H,28,30)(H,29,32). The van der Waals surface area contributed by atoms with Gasteiger partial charge in [-0.15, -0.1) is 11.3 Å². The van der Waals surface area contributed by atoms with E-state index in [0.717, 1.165) is 26.2 Å². The molecule has 0 aliphatic heterocycles. The molecule has 4 rings (SSSR count). The van der Waals surface area contributed by atoms with E-state index in [9.17, 15) is 18.8 Å². The van der Waals surface area contributed by atoms with Crippen LogP contribution in [0.4, 0.5) is 4.39 Å². The number of nitrogens with one attached hydrogen (secondary N) is 3. The number of fused-ring (bicyclic) bond motifs is 1. The Morgan fingerprint density at radius 2 is 1.68 bits per heavy atom. The highest BCUT2D eigenvalue weighted by molar-refractivity contribution is 8.00. The molecule has 4 aromatic rings. The number of hydrazine groups is 1. The van der Waals surface area contributed by atoms with Gasteiger partial charge in [0.15, 0.2) is 4.34 Å². The number of carbonyl (C=O) groups is 3. The fourth-order valence-corrected chi connectivity index (χ4v) is 4.97. The minimum absolute atomic E-state index is 0.0956. The Kier molecular flexibility index (Phi) is 7.51. The van der Waals surface area contributed by atoms with Gasteiger partial charge in [0.1, 0.15) is 5.82 Å². The first-order valence-electron chi connectivity index (χ1n) is 10.2. The van der Waals surface area contributed by atoms with Crippen molar-refractivity contribution in [2.24, 2.45) is 0 Å². The molecule has 1 aromatic heterocycles. The topological polar surface area (TPSA) is 100 Å². The largest absolute Gasteiger partial charge is 0.343 e. The van der Waals surface area contributed by atoms with E-state index < -0.39 is 23.5 Å². The Balaban J connectivity index is 1.21. The Morgan fingerprint density at radius 1 is 0.882 bits per heavy atom. The van der Waals surface area contributed by atoms with Crippen LogP contribution in [0.5, 0.6) is 0 Å². The molecule has 0 aliphatic carbocycles. The number of thioether (sulfide) groups is 1. The molecule has 34 heavy (non-hydrogen) atoms. The van der Waals surface area contributed by atoms with E-state index in [1.165, 1.54) is 18.2 Å². The summed E-state index contributed by atoms with van der Waals surface area (Å²) in [6.45, 7) is -0.377. The average Bonchev–Trinajstić information content (AvgIpc) is 3.28. The second-order valence-corrected chi connectivity index (χ2v) is 9.38. The van der Waals surface area contributed by atoms with Gasteiger partial charge in [-0.3, -0.25) is 25.2 Å². The Morgan fingerprint density at radius 3 is 2.44 bits per heavy atom. The van der Waals surface area contributed by atoms with Crippen molar-refractivity contribution in [2.75, 3.05) is 6.54 Å². The summed E-state index contributed by atoms with van der Waals surface area (Å²) >= 11 is 3.27. The van der Waals surface area contributed by atoms with Gasteiger partial charge in [-0.2, -0.15) is 0 Å². The summed E-state index contributed by atoms with van der Waals surface area (Å²) < 4.78 is 15.3. The lowest BCUT2D eigenvalue weighted by atomic mass is 10.1. The molecule has 1 heterocycles. The number of aromatic nitrogens is 1. The van der Waals surface area contributed by atoms with Crippen LogP contribution < -0.4 is 16.2 Å². The van der Waals surface area contributed by atoms with Gasteiger partial charge in [0.05, 0.1) is 16.8 Å². The lowest BCUT2D eigenvalue weighted by molar-refractivity contribution is -0.120. The molecule has 3 N–H and O–H groups in total. The number of rotatable bonds is 7. The van der Waals surface area contributed by atoms with Gasteiger partial charge in [-0.1, -0.05) is 42.1 Å². The van der Waals surface area contributed by atoms with Gasteiger partial charge in [0, 0.05) is 16.9 Å². The SMILES string of the molecule is O=C(CNC(=O)c1cccc(F)c1)NNC(=O)c1ccc(CSc2nc3ccccc3s2)cc1. The summed E-state index contributed by atoms with van der Waals surface area (Å²) in [7, 11) is 0. The van der Waals surface area contributed by atoms with Crippen LogP contribution in [0.15, 0.2) is 77.1 Å². The maximum Gasteiger partial charge on any atom is 0.269 e. The molecule has 172 valence electrons. The van der Waals surface area contributed by atoms with Crippen LogP contribution in [0.1, 0.15) is 26.3 Å². The number of hydrogen-bond donors (Lipinski definition) is 3. The minimum atomic E-state index is -0.623. The van der Waals surface area contributed by atoms with E-state index in [0.29, 0.717) is 11.3 Å². The molecule has 0 atom stereocenters. The van der Waals surface area contributed by atoms with Crippen molar-refractivity contribution < 1.29 is 18.8 Å². The average molecular weight is 495 g/mol. The van der Waals surface area contributed by atoms with Crippen LogP contribution in [-0.2, 0) is 10.5 Å². The molecule has 0 saturated carbocycles. The van der Waals surface area contributed by atoms with E-state index in [1.807, 2.05) is 36.4 Å². The Labute approximate surface area is 202 Å². The molecule has 3 amide bonds. The highest BCUT2D eigenvalue weighted by atomic mass is 32.2. The van der Waals surface area contributed by atoms with Gasteiger partial charge in [0.25, 0.3) is 17.7 Å². The van der Waals surface area contributed by atoms with E-state index in [2.05, 4.69) is 21.2 Å². The molecule has 7 nitrogen and oxygen atoms in total. The van der Waals surface area contributed by atoms with Crippen LogP contribution in [0.2, 0.25) is 0 Å². The molecule has 0 unspecified atom stereocenters. The molecule has 3 aromatic carbocycles. The number of carbonyl (C=O) groups excluding carboxylic acids is 3. The van der Waals surface area contributed by atoms with E-state index in [-0.39, 0.29) is 12.1 Å². The van der Waals surface area contributed by atoms with Crippen LogP contribution in [0.25, 0.3) is 10.2 Å². The number of hydrogen-bond acceptors (Lipinski definition) is 6. The quantitative estimate of drug-likeness (QED) is 0.267. The number of para-hydroxylation sites is 1. The first-order chi connectivity index (χ1) is 16.5. The Bertz CT molecular complexity index is 1310. The lowest BCUT2D eigenvalue weighted by Crippen LogP contribution is -2.46. The molecule has 0 aliphatic rings. The van der Waals surface area contributed by atoms with Crippen LogP contribution in [0.3, 0.4) is 0 Å². The van der Waals surface area contributed by atoms with Crippen LogP contribution >= 0.6 is 23.1 Å². The van der Waals surface area contributed by atoms with Gasteiger partial charge < -0.3 is 5.32 Å². The second kappa shape index (κ2) is 10.9. The van der Waals surface area contributed by atoms with Crippen molar-refractivity contribution in [2.45, 2.75) is 10.1 Å². The van der Waals surface area contributed by atoms with Crippen molar-refractivity contribution >= 4 is 51.0 Å². The summed E-state index contributed by atoms with van der Waals surface area (Å²) in [4.78, 5) is 40.7. The van der Waals surface area contributed by atoms with E-state index >= 15 is 0 Å². The molecule has 0 spiro atoms. The fourth-order valence-electron chi connectivity index (χ4n) is 2.95. The number of halogens is 1. The zero-order valence-corrected chi connectivity index (χ0v) is 19.3. The number of nitrogens with zero attached hydrogens (tertiary/aromatic N) is 1. The van der Waals surface area contributed by atoms with Gasteiger partial charge >= 0.3 is 0 Å². The minimum Gasteiger partial charge on any atom is -0.343 e. The molecule has 10 heteroatoms. The summed E-state index contributed by atoms with van der Waals surface area (Å²) in [6, 6.07) is 20.1. The smallest absolute Gasteiger partial charge is 0.269 e. The molecule has 0 radical (unpaired) electrons. The predicted molar refractivity (Wildman–Crippen MR) is 130 cm³/mol. The van der Waals surface area contributed by atoms with Crippen LogP contribution in [0, 0.1) is 5.82 Å². The summed E-state index contributed by atoms with van der Waals surface area (Å²) in [5.74, 6) is -1.55. The Hall–Kier alpha value is -3.76. The summed E-state index contributed by atoms with van der Waals surface area (Å²) in [5, 5.41) is 2.36. The van der Waals surface area contributed by atoms with Crippen LogP contribution in [-0.4, -0.2) is 29.3 Å². The number of thiazole rings is 1. The van der Waals surface area contributed by atoms with E-state index in [1.54, 1.807) is 35.2 Å². The lowest BCUT2D eigenvalue weighted by Gasteiger charge is -2.09. The molecule has 0 bridgehead atoms.